The highest BCUT2D eigenvalue weighted by Crippen LogP contribution is 2.26. The Morgan fingerprint density at radius 1 is 1.06 bits per heavy atom. The van der Waals surface area contributed by atoms with E-state index in [0.717, 1.165) is 12.8 Å². The fraction of sp³-hybridized carbons (Fsp3) is 0.357. The van der Waals surface area contributed by atoms with Gasteiger partial charge >= 0.3 is 5.97 Å². The number of rotatable bonds is 2. The summed E-state index contributed by atoms with van der Waals surface area (Å²) in [7, 11) is 0. The van der Waals surface area contributed by atoms with Crippen molar-refractivity contribution in [1.82, 2.24) is 0 Å². The van der Waals surface area contributed by atoms with Gasteiger partial charge in [-0.15, -0.1) is 0 Å². The van der Waals surface area contributed by atoms with Gasteiger partial charge in [-0.25, -0.2) is 4.79 Å². The van der Waals surface area contributed by atoms with Gasteiger partial charge in [0, 0.05) is 0 Å². The van der Waals surface area contributed by atoms with E-state index in [2.05, 4.69) is 6.08 Å². The molecule has 0 aliphatic heterocycles. The molecule has 0 saturated heterocycles. The Hall–Kier alpha value is -1.57. The third-order valence-electron chi connectivity index (χ3n) is 3.04. The summed E-state index contributed by atoms with van der Waals surface area (Å²) in [5, 5.41) is 8.82. The number of carboxylic acids is 1. The van der Waals surface area contributed by atoms with Crippen molar-refractivity contribution in [3.8, 4) is 0 Å². The van der Waals surface area contributed by atoms with Crippen LogP contribution in [0.15, 0.2) is 30.3 Å². The first-order valence-corrected chi connectivity index (χ1v) is 5.80. The number of carbonyl (C=O) groups is 1. The fourth-order valence-electron chi connectivity index (χ4n) is 2.10. The number of benzene rings is 1. The molecule has 84 valence electrons. The van der Waals surface area contributed by atoms with Crippen LogP contribution in [0.25, 0.3) is 5.57 Å². The molecule has 0 fully saturated rings. The van der Waals surface area contributed by atoms with Crippen LogP contribution in [-0.2, 0) is 0 Å². The van der Waals surface area contributed by atoms with E-state index in [9.17, 15) is 4.79 Å². The molecule has 1 aliphatic rings. The van der Waals surface area contributed by atoms with Crippen LogP contribution >= 0.6 is 0 Å². The number of carboxylic acid groups (broad SMARTS) is 1. The molecule has 0 unspecified atom stereocenters. The van der Waals surface area contributed by atoms with Crippen molar-refractivity contribution in [3.63, 3.8) is 0 Å². The van der Waals surface area contributed by atoms with E-state index in [4.69, 9.17) is 5.11 Å². The molecule has 0 heterocycles. The second kappa shape index (κ2) is 4.97. The van der Waals surface area contributed by atoms with Gasteiger partial charge in [-0.2, -0.15) is 0 Å². The molecule has 2 heteroatoms. The van der Waals surface area contributed by atoms with Gasteiger partial charge in [0.05, 0.1) is 5.56 Å². The average Bonchev–Trinajstić information content (AvgIpc) is 2.57. The highest BCUT2D eigenvalue weighted by molar-refractivity contribution is 5.88. The molecular weight excluding hydrogens is 200 g/mol. The smallest absolute Gasteiger partial charge is 0.335 e. The fourth-order valence-corrected chi connectivity index (χ4v) is 2.10. The van der Waals surface area contributed by atoms with Gasteiger partial charge in [0.2, 0.25) is 0 Å². The topological polar surface area (TPSA) is 37.3 Å². The minimum Gasteiger partial charge on any atom is -0.478 e. The Bertz CT molecular complexity index is 401. The molecule has 1 N–H and O–H groups in total. The highest BCUT2D eigenvalue weighted by atomic mass is 16.4. The first-order valence-electron chi connectivity index (χ1n) is 5.80. The van der Waals surface area contributed by atoms with Gasteiger partial charge < -0.3 is 5.11 Å². The average molecular weight is 216 g/mol. The van der Waals surface area contributed by atoms with Gasteiger partial charge in [0.15, 0.2) is 0 Å². The minimum atomic E-state index is -0.860. The van der Waals surface area contributed by atoms with Crippen molar-refractivity contribution in [2.45, 2.75) is 32.1 Å². The second-order valence-corrected chi connectivity index (χ2v) is 4.21. The van der Waals surface area contributed by atoms with Crippen LogP contribution in [0.3, 0.4) is 0 Å². The summed E-state index contributed by atoms with van der Waals surface area (Å²) in [5.41, 5.74) is 2.90. The normalized spacial score (nSPS) is 16.4. The molecule has 2 rings (SSSR count). The Labute approximate surface area is 95.6 Å². The van der Waals surface area contributed by atoms with E-state index >= 15 is 0 Å². The van der Waals surface area contributed by atoms with Crippen molar-refractivity contribution in [1.29, 1.82) is 0 Å². The number of hydrogen-bond acceptors (Lipinski definition) is 1. The molecule has 0 bridgehead atoms. The van der Waals surface area contributed by atoms with Crippen molar-refractivity contribution < 1.29 is 9.90 Å². The maximum atomic E-state index is 10.7. The van der Waals surface area contributed by atoms with Gasteiger partial charge in [-0.3, -0.25) is 0 Å². The summed E-state index contributed by atoms with van der Waals surface area (Å²) in [6.45, 7) is 0. The van der Waals surface area contributed by atoms with Crippen LogP contribution in [0.4, 0.5) is 0 Å². The molecule has 0 radical (unpaired) electrons. The molecule has 0 atom stereocenters. The minimum absolute atomic E-state index is 0.359. The summed E-state index contributed by atoms with van der Waals surface area (Å²) in [6, 6.07) is 7.20. The standard InChI is InChI=1S/C14H16O2/c15-14(16)13-9-7-12(8-10-13)11-5-3-1-2-4-6-11/h5,7-10H,1-4,6H2,(H,15,16). The van der Waals surface area contributed by atoms with Crippen LogP contribution in [0, 0.1) is 0 Å². The van der Waals surface area contributed by atoms with Crippen LogP contribution in [0.1, 0.15) is 48.0 Å². The summed E-state index contributed by atoms with van der Waals surface area (Å²) < 4.78 is 0. The Balaban J connectivity index is 2.20. The molecule has 0 aromatic heterocycles. The van der Waals surface area contributed by atoms with Gasteiger partial charge in [-0.1, -0.05) is 24.6 Å². The zero-order chi connectivity index (χ0) is 11.4. The summed E-state index contributed by atoms with van der Waals surface area (Å²) in [4.78, 5) is 10.7. The zero-order valence-corrected chi connectivity index (χ0v) is 9.28. The molecule has 0 spiro atoms. The quantitative estimate of drug-likeness (QED) is 0.817. The SMILES string of the molecule is O=C(O)c1ccc(C2=CCCCCC2)cc1. The van der Waals surface area contributed by atoms with E-state index < -0.39 is 5.97 Å². The Kier molecular flexibility index (Phi) is 3.40. The van der Waals surface area contributed by atoms with Crippen molar-refractivity contribution in [2.75, 3.05) is 0 Å². The predicted octanol–water partition coefficient (Wildman–Crippen LogP) is 3.73. The second-order valence-electron chi connectivity index (χ2n) is 4.21. The number of allylic oxidation sites excluding steroid dienone is 2. The number of hydrogen-bond donors (Lipinski definition) is 1. The lowest BCUT2D eigenvalue weighted by Crippen LogP contribution is -1.95. The molecule has 1 aliphatic carbocycles. The molecule has 16 heavy (non-hydrogen) atoms. The molecule has 1 aromatic carbocycles. The molecule has 0 amide bonds. The monoisotopic (exact) mass is 216 g/mol. The van der Waals surface area contributed by atoms with Gasteiger partial charge in [0.1, 0.15) is 0 Å². The molecule has 2 nitrogen and oxygen atoms in total. The third kappa shape index (κ3) is 2.51. The predicted molar refractivity (Wildman–Crippen MR) is 64.5 cm³/mol. The largest absolute Gasteiger partial charge is 0.478 e. The van der Waals surface area contributed by atoms with Crippen molar-refractivity contribution in [3.05, 3.63) is 41.5 Å². The van der Waals surface area contributed by atoms with Crippen LogP contribution in [0.2, 0.25) is 0 Å². The van der Waals surface area contributed by atoms with E-state index in [1.54, 1.807) is 12.1 Å². The van der Waals surface area contributed by atoms with E-state index in [-0.39, 0.29) is 0 Å². The van der Waals surface area contributed by atoms with Crippen LogP contribution < -0.4 is 0 Å². The van der Waals surface area contributed by atoms with Crippen molar-refractivity contribution in [2.24, 2.45) is 0 Å². The molecule has 1 aromatic rings. The van der Waals surface area contributed by atoms with Crippen LogP contribution in [0.5, 0.6) is 0 Å². The van der Waals surface area contributed by atoms with E-state index in [1.165, 1.54) is 30.4 Å². The lowest BCUT2D eigenvalue weighted by molar-refractivity contribution is 0.0697. The lowest BCUT2D eigenvalue weighted by Gasteiger charge is -2.05. The third-order valence-corrected chi connectivity index (χ3v) is 3.04. The highest BCUT2D eigenvalue weighted by Gasteiger charge is 2.07. The van der Waals surface area contributed by atoms with E-state index in [0.29, 0.717) is 5.56 Å². The summed E-state index contributed by atoms with van der Waals surface area (Å²) in [5.74, 6) is -0.860. The maximum Gasteiger partial charge on any atom is 0.335 e. The van der Waals surface area contributed by atoms with E-state index in [1.807, 2.05) is 12.1 Å². The maximum absolute atomic E-state index is 10.7. The lowest BCUT2D eigenvalue weighted by atomic mass is 10.00. The Morgan fingerprint density at radius 2 is 1.81 bits per heavy atom. The van der Waals surface area contributed by atoms with Crippen LogP contribution in [-0.4, -0.2) is 11.1 Å². The Morgan fingerprint density at radius 3 is 2.50 bits per heavy atom. The summed E-state index contributed by atoms with van der Waals surface area (Å²) >= 11 is 0. The van der Waals surface area contributed by atoms with Crippen molar-refractivity contribution >= 4 is 11.5 Å². The summed E-state index contributed by atoms with van der Waals surface area (Å²) in [6.07, 6.45) is 8.38. The zero-order valence-electron chi connectivity index (χ0n) is 9.28. The molecule has 0 saturated carbocycles. The first kappa shape index (κ1) is 10.9. The first-order chi connectivity index (χ1) is 7.77. The van der Waals surface area contributed by atoms with Gasteiger partial charge in [-0.05, 0) is 49.0 Å². The molecular formula is C14H16O2. The number of aromatic carboxylic acids is 1. The van der Waals surface area contributed by atoms with Gasteiger partial charge in [0.25, 0.3) is 0 Å².